The summed E-state index contributed by atoms with van der Waals surface area (Å²) in [4.78, 5) is 29.2. The normalized spacial score (nSPS) is 17.8. The number of methoxy groups -OCH3 is 2. The highest BCUT2D eigenvalue weighted by atomic mass is 19.1. The number of aliphatic hydroxyl groups excluding tert-OH is 1. The fourth-order valence-electron chi connectivity index (χ4n) is 3.83. The predicted molar refractivity (Wildman–Crippen MR) is 118 cm³/mol. The molecule has 1 aliphatic heterocycles. The molecule has 1 saturated heterocycles. The van der Waals surface area contributed by atoms with Gasteiger partial charge in [-0.15, -0.1) is 0 Å². The summed E-state index contributed by atoms with van der Waals surface area (Å²) < 4.78 is 25.3. The molecular weight excluding hydrogens is 415 g/mol. The molecule has 2 aromatic rings. The molecule has 1 N–H and O–H groups in total. The first-order valence-corrected chi connectivity index (χ1v) is 10.2. The number of ketones is 1. The highest BCUT2D eigenvalue weighted by molar-refractivity contribution is 6.46. The fourth-order valence-corrected chi connectivity index (χ4v) is 3.83. The van der Waals surface area contributed by atoms with Crippen LogP contribution in [0.15, 0.2) is 48.0 Å². The summed E-state index contributed by atoms with van der Waals surface area (Å²) in [6, 6.07) is 9.58. The molecule has 1 atom stereocenters. The minimum atomic E-state index is -1.05. The largest absolute Gasteiger partial charge is 0.507 e. The van der Waals surface area contributed by atoms with Gasteiger partial charge in [0.05, 0.1) is 31.4 Å². The lowest BCUT2D eigenvalue weighted by Gasteiger charge is -2.26. The van der Waals surface area contributed by atoms with Crippen LogP contribution in [0.2, 0.25) is 0 Å². The molecule has 7 nitrogen and oxygen atoms in total. The van der Waals surface area contributed by atoms with E-state index in [1.807, 2.05) is 19.0 Å². The summed E-state index contributed by atoms with van der Waals surface area (Å²) in [7, 11) is 6.71. The maximum Gasteiger partial charge on any atom is 0.295 e. The maximum atomic E-state index is 14.8. The van der Waals surface area contributed by atoms with Crippen LogP contribution in [0.4, 0.5) is 4.39 Å². The zero-order valence-electron chi connectivity index (χ0n) is 18.6. The number of benzene rings is 2. The summed E-state index contributed by atoms with van der Waals surface area (Å²) in [6.07, 6.45) is 0.580. The summed E-state index contributed by atoms with van der Waals surface area (Å²) in [5.41, 5.74) is 0.180. The van der Waals surface area contributed by atoms with Crippen molar-refractivity contribution in [1.82, 2.24) is 9.80 Å². The highest BCUT2D eigenvalue weighted by Gasteiger charge is 2.46. The molecule has 0 unspecified atom stereocenters. The van der Waals surface area contributed by atoms with E-state index in [-0.39, 0.29) is 29.0 Å². The Bertz CT molecular complexity index is 1050. The van der Waals surface area contributed by atoms with Gasteiger partial charge in [-0.05, 0) is 45.3 Å². The van der Waals surface area contributed by atoms with Gasteiger partial charge in [-0.1, -0.05) is 18.2 Å². The van der Waals surface area contributed by atoms with Gasteiger partial charge < -0.3 is 24.4 Å². The first-order valence-electron chi connectivity index (χ1n) is 10.2. The number of rotatable bonds is 8. The van der Waals surface area contributed by atoms with Crippen LogP contribution < -0.4 is 9.47 Å². The van der Waals surface area contributed by atoms with Gasteiger partial charge in [-0.25, -0.2) is 4.39 Å². The third kappa shape index (κ3) is 4.45. The number of nitrogens with zero attached hydrogens (tertiary/aromatic N) is 2. The average Bonchev–Trinajstić information content (AvgIpc) is 3.03. The molecule has 0 saturated carbocycles. The van der Waals surface area contributed by atoms with Crippen LogP contribution in [0.25, 0.3) is 5.76 Å². The molecule has 1 amide bonds. The zero-order valence-corrected chi connectivity index (χ0v) is 18.6. The van der Waals surface area contributed by atoms with E-state index in [0.717, 1.165) is 0 Å². The number of ether oxygens (including phenoxy) is 2. The van der Waals surface area contributed by atoms with Gasteiger partial charge in [0.2, 0.25) is 0 Å². The van der Waals surface area contributed by atoms with E-state index in [9.17, 15) is 19.1 Å². The number of Topliss-reactive ketones (excluding diaryl/α,β-unsaturated/α-hetero) is 1. The molecule has 8 heteroatoms. The number of carbonyl (C=O) groups excluding carboxylic acids is 2. The molecule has 0 spiro atoms. The molecule has 1 heterocycles. The molecule has 32 heavy (non-hydrogen) atoms. The molecule has 0 aromatic heterocycles. The standard InChI is InChI=1S/C24H27FN2O5/c1-26(2)12-7-13-27-21(16-8-5-6-9-18(16)25)20(23(29)24(27)30)22(28)17-11-10-15(31-3)14-19(17)32-4/h5-6,8-11,14,21,28H,7,12-13H2,1-4H3/b22-20+/t21-/m0/s1. The van der Waals surface area contributed by atoms with Gasteiger partial charge in [-0.3, -0.25) is 9.59 Å². The van der Waals surface area contributed by atoms with E-state index in [1.54, 1.807) is 18.2 Å². The predicted octanol–water partition coefficient (Wildman–Crippen LogP) is 3.22. The smallest absolute Gasteiger partial charge is 0.295 e. The van der Waals surface area contributed by atoms with Gasteiger partial charge in [0.25, 0.3) is 11.7 Å². The average molecular weight is 442 g/mol. The molecule has 0 bridgehead atoms. The van der Waals surface area contributed by atoms with E-state index < -0.39 is 29.3 Å². The second-order valence-corrected chi connectivity index (χ2v) is 7.74. The topological polar surface area (TPSA) is 79.3 Å². The molecule has 1 aliphatic rings. The van der Waals surface area contributed by atoms with E-state index in [2.05, 4.69) is 0 Å². The zero-order chi connectivity index (χ0) is 23.4. The van der Waals surface area contributed by atoms with E-state index >= 15 is 0 Å². The number of hydrogen-bond donors (Lipinski definition) is 1. The van der Waals surface area contributed by atoms with Crippen molar-refractivity contribution in [2.45, 2.75) is 12.5 Å². The van der Waals surface area contributed by atoms with Crippen LogP contribution in [0, 0.1) is 5.82 Å². The summed E-state index contributed by atoms with van der Waals surface area (Å²) in [6.45, 7) is 0.914. The maximum absolute atomic E-state index is 14.8. The Kier molecular flexibility index (Phi) is 7.15. The minimum Gasteiger partial charge on any atom is -0.507 e. The third-order valence-corrected chi connectivity index (χ3v) is 5.41. The Morgan fingerprint density at radius 3 is 2.47 bits per heavy atom. The number of likely N-dealkylation sites (tertiary alicyclic amines) is 1. The van der Waals surface area contributed by atoms with E-state index in [1.165, 1.54) is 43.4 Å². The number of hydrogen-bond acceptors (Lipinski definition) is 6. The Morgan fingerprint density at radius 2 is 1.84 bits per heavy atom. The number of halogens is 1. The van der Waals surface area contributed by atoms with Crippen LogP contribution in [0.3, 0.4) is 0 Å². The lowest BCUT2D eigenvalue weighted by molar-refractivity contribution is -0.140. The number of carbonyl (C=O) groups is 2. The lowest BCUT2D eigenvalue weighted by Crippen LogP contribution is -2.32. The van der Waals surface area contributed by atoms with Crippen LogP contribution >= 0.6 is 0 Å². The van der Waals surface area contributed by atoms with Crippen molar-refractivity contribution >= 4 is 17.4 Å². The lowest BCUT2D eigenvalue weighted by atomic mass is 9.94. The van der Waals surface area contributed by atoms with Crippen molar-refractivity contribution in [3.8, 4) is 11.5 Å². The van der Waals surface area contributed by atoms with Crippen LogP contribution in [-0.4, -0.2) is 68.0 Å². The summed E-state index contributed by atoms with van der Waals surface area (Å²) in [5.74, 6) is -1.87. The van der Waals surface area contributed by atoms with Crippen molar-refractivity contribution < 1.29 is 28.6 Å². The van der Waals surface area contributed by atoms with Crippen molar-refractivity contribution in [1.29, 1.82) is 0 Å². The van der Waals surface area contributed by atoms with Gasteiger partial charge in [0.1, 0.15) is 23.1 Å². The second kappa shape index (κ2) is 9.82. The first kappa shape index (κ1) is 23.3. The van der Waals surface area contributed by atoms with Crippen LogP contribution in [0.5, 0.6) is 11.5 Å². The quantitative estimate of drug-likeness (QED) is 0.384. The Balaban J connectivity index is 2.16. The first-order chi connectivity index (χ1) is 15.3. The van der Waals surface area contributed by atoms with Gasteiger partial charge in [0, 0.05) is 18.2 Å². The highest BCUT2D eigenvalue weighted by Crippen LogP contribution is 2.42. The number of amides is 1. The monoisotopic (exact) mass is 442 g/mol. The molecule has 2 aromatic carbocycles. The molecule has 3 rings (SSSR count). The Hall–Kier alpha value is -3.39. The fraction of sp³-hybridized carbons (Fsp3) is 0.333. The summed E-state index contributed by atoms with van der Waals surface area (Å²) in [5, 5.41) is 11.2. The van der Waals surface area contributed by atoms with Gasteiger partial charge in [0.15, 0.2) is 0 Å². The van der Waals surface area contributed by atoms with E-state index in [4.69, 9.17) is 9.47 Å². The van der Waals surface area contributed by atoms with Crippen LogP contribution in [-0.2, 0) is 9.59 Å². The Labute approximate surface area is 186 Å². The third-order valence-electron chi connectivity index (χ3n) is 5.41. The van der Waals surface area contributed by atoms with Crippen molar-refractivity contribution in [3.63, 3.8) is 0 Å². The number of aliphatic hydroxyl groups is 1. The van der Waals surface area contributed by atoms with Crippen molar-refractivity contribution in [2.75, 3.05) is 41.4 Å². The van der Waals surface area contributed by atoms with E-state index in [0.29, 0.717) is 18.7 Å². The molecular formula is C24H27FN2O5. The molecule has 0 radical (unpaired) electrons. The second-order valence-electron chi connectivity index (χ2n) is 7.74. The summed E-state index contributed by atoms with van der Waals surface area (Å²) >= 11 is 0. The van der Waals surface area contributed by atoms with Gasteiger partial charge in [-0.2, -0.15) is 0 Å². The van der Waals surface area contributed by atoms with Crippen LogP contribution in [0.1, 0.15) is 23.6 Å². The minimum absolute atomic E-state index is 0.144. The molecule has 0 aliphatic carbocycles. The van der Waals surface area contributed by atoms with Gasteiger partial charge >= 0.3 is 0 Å². The SMILES string of the molecule is COc1ccc(/C(O)=C2\C(=O)C(=O)N(CCCN(C)C)[C@H]2c2ccccc2F)c(OC)c1. The van der Waals surface area contributed by atoms with Crippen molar-refractivity contribution in [3.05, 3.63) is 65.0 Å². The molecule has 1 fully saturated rings. The van der Waals surface area contributed by atoms with Crippen molar-refractivity contribution in [2.24, 2.45) is 0 Å². The molecule has 170 valence electrons. The Morgan fingerprint density at radius 1 is 1.12 bits per heavy atom.